The number of hydrogen-bond acceptors (Lipinski definition) is 3. The Morgan fingerprint density at radius 1 is 1.26 bits per heavy atom. The van der Waals surface area contributed by atoms with Crippen LogP contribution in [0.3, 0.4) is 0 Å². The fourth-order valence-corrected chi connectivity index (χ4v) is 3.42. The van der Waals surface area contributed by atoms with Crippen molar-refractivity contribution >= 4 is 11.6 Å². The molecule has 0 radical (unpaired) electrons. The van der Waals surface area contributed by atoms with Gasteiger partial charge in [0.25, 0.3) is 0 Å². The van der Waals surface area contributed by atoms with Gasteiger partial charge in [0.2, 0.25) is 0 Å². The van der Waals surface area contributed by atoms with E-state index >= 15 is 0 Å². The standard InChI is InChI=1S/C18H25ClN4/c1-22-11-17(10-21-22)14-23(13-16-3-2-8-20-9-16)12-15-4-6-18(19)7-5-15/h4-7,10-11,16,20H,2-3,8-9,12-14H2,1H3. The van der Waals surface area contributed by atoms with E-state index < -0.39 is 0 Å². The van der Waals surface area contributed by atoms with Gasteiger partial charge in [-0.15, -0.1) is 0 Å². The Hall–Kier alpha value is -1.36. The number of hydrogen-bond donors (Lipinski definition) is 1. The van der Waals surface area contributed by atoms with Crippen LogP contribution in [0.5, 0.6) is 0 Å². The summed E-state index contributed by atoms with van der Waals surface area (Å²) in [6, 6.07) is 8.19. The van der Waals surface area contributed by atoms with Crippen LogP contribution in [0.15, 0.2) is 36.7 Å². The SMILES string of the molecule is Cn1cc(CN(Cc2ccc(Cl)cc2)CC2CCCNC2)cn1. The van der Waals surface area contributed by atoms with Crippen LogP contribution in [0.1, 0.15) is 24.0 Å². The van der Waals surface area contributed by atoms with Gasteiger partial charge in [-0.3, -0.25) is 9.58 Å². The van der Waals surface area contributed by atoms with Gasteiger partial charge in [0, 0.05) is 43.5 Å². The van der Waals surface area contributed by atoms with Crippen LogP contribution < -0.4 is 5.32 Å². The molecule has 0 amide bonds. The first-order chi connectivity index (χ1) is 11.2. The monoisotopic (exact) mass is 332 g/mol. The summed E-state index contributed by atoms with van der Waals surface area (Å²) in [6.07, 6.45) is 6.67. The number of nitrogens with one attached hydrogen (secondary N) is 1. The highest BCUT2D eigenvalue weighted by molar-refractivity contribution is 6.30. The zero-order valence-electron chi connectivity index (χ0n) is 13.7. The summed E-state index contributed by atoms with van der Waals surface area (Å²) < 4.78 is 1.87. The quantitative estimate of drug-likeness (QED) is 0.882. The molecule has 3 rings (SSSR count). The smallest absolute Gasteiger partial charge is 0.0534 e. The highest BCUT2D eigenvalue weighted by atomic mass is 35.5. The van der Waals surface area contributed by atoms with E-state index in [1.165, 1.54) is 24.0 Å². The highest BCUT2D eigenvalue weighted by Crippen LogP contribution is 2.17. The number of aromatic nitrogens is 2. The molecule has 0 bridgehead atoms. The van der Waals surface area contributed by atoms with Crippen molar-refractivity contribution in [2.45, 2.75) is 25.9 Å². The van der Waals surface area contributed by atoms with E-state index in [0.717, 1.165) is 43.7 Å². The summed E-state index contributed by atoms with van der Waals surface area (Å²) in [7, 11) is 1.97. The molecule has 5 heteroatoms. The molecular formula is C18H25ClN4. The van der Waals surface area contributed by atoms with Gasteiger partial charge in [-0.25, -0.2) is 0 Å². The molecule has 1 aliphatic rings. The van der Waals surface area contributed by atoms with Crippen LogP contribution in [0.4, 0.5) is 0 Å². The molecule has 1 aliphatic heterocycles. The molecule has 1 atom stereocenters. The number of piperidine rings is 1. The van der Waals surface area contributed by atoms with E-state index in [0.29, 0.717) is 0 Å². The molecule has 2 heterocycles. The zero-order valence-corrected chi connectivity index (χ0v) is 14.5. The van der Waals surface area contributed by atoms with E-state index in [9.17, 15) is 0 Å². The van der Waals surface area contributed by atoms with Gasteiger partial charge < -0.3 is 5.32 Å². The molecule has 1 unspecified atom stereocenters. The molecule has 124 valence electrons. The van der Waals surface area contributed by atoms with Gasteiger partial charge in [-0.2, -0.15) is 5.10 Å². The second-order valence-corrected chi connectivity index (χ2v) is 6.97. The summed E-state index contributed by atoms with van der Waals surface area (Å²) in [5.41, 5.74) is 2.58. The second kappa shape index (κ2) is 7.95. The van der Waals surface area contributed by atoms with Crippen LogP contribution in [-0.2, 0) is 20.1 Å². The Bertz CT molecular complexity index is 602. The van der Waals surface area contributed by atoms with E-state index in [-0.39, 0.29) is 0 Å². The first-order valence-electron chi connectivity index (χ1n) is 8.34. The summed E-state index contributed by atoms with van der Waals surface area (Å²) in [4.78, 5) is 2.53. The first kappa shape index (κ1) is 16.5. The van der Waals surface area contributed by atoms with Crippen LogP contribution in [0.2, 0.25) is 5.02 Å². The van der Waals surface area contributed by atoms with Crippen molar-refractivity contribution in [3.8, 4) is 0 Å². The lowest BCUT2D eigenvalue weighted by Crippen LogP contribution is -2.37. The van der Waals surface area contributed by atoms with E-state index in [1.807, 2.05) is 30.1 Å². The fraction of sp³-hybridized carbons (Fsp3) is 0.500. The van der Waals surface area contributed by atoms with Crippen molar-refractivity contribution in [1.29, 1.82) is 0 Å². The number of aryl methyl sites for hydroxylation is 1. The molecule has 1 aromatic heterocycles. The maximum Gasteiger partial charge on any atom is 0.0534 e. The molecule has 1 fully saturated rings. The summed E-state index contributed by atoms with van der Waals surface area (Å²) in [6.45, 7) is 5.29. The van der Waals surface area contributed by atoms with Crippen molar-refractivity contribution in [2.24, 2.45) is 13.0 Å². The minimum absolute atomic E-state index is 0.729. The normalized spacial score (nSPS) is 18.5. The van der Waals surface area contributed by atoms with Crippen molar-refractivity contribution in [3.05, 3.63) is 52.8 Å². The predicted molar refractivity (Wildman–Crippen MR) is 94.4 cm³/mol. The largest absolute Gasteiger partial charge is 0.316 e. The van der Waals surface area contributed by atoms with E-state index in [4.69, 9.17) is 11.6 Å². The van der Waals surface area contributed by atoms with Crippen molar-refractivity contribution in [2.75, 3.05) is 19.6 Å². The van der Waals surface area contributed by atoms with Crippen LogP contribution >= 0.6 is 11.6 Å². The Morgan fingerprint density at radius 2 is 2.04 bits per heavy atom. The number of rotatable bonds is 6. The minimum Gasteiger partial charge on any atom is -0.316 e. The van der Waals surface area contributed by atoms with Crippen molar-refractivity contribution in [3.63, 3.8) is 0 Å². The summed E-state index contributed by atoms with van der Waals surface area (Å²) >= 11 is 6.00. The van der Waals surface area contributed by atoms with E-state index in [2.05, 4.69) is 33.6 Å². The maximum absolute atomic E-state index is 6.00. The first-order valence-corrected chi connectivity index (χ1v) is 8.72. The minimum atomic E-state index is 0.729. The van der Waals surface area contributed by atoms with Gasteiger partial charge >= 0.3 is 0 Å². The zero-order chi connectivity index (χ0) is 16.1. The Kier molecular flexibility index (Phi) is 5.70. The molecule has 0 saturated carbocycles. The Balaban J connectivity index is 1.67. The molecule has 23 heavy (non-hydrogen) atoms. The molecule has 1 saturated heterocycles. The Morgan fingerprint density at radius 3 is 2.70 bits per heavy atom. The summed E-state index contributed by atoms with van der Waals surface area (Å²) in [5, 5.41) is 8.61. The third-order valence-corrected chi connectivity index (χ3v) is 4.65. The van der Waals surface area contributed by atoms with Crippen LogP contribution in [0.25, 0.3) is 0 Å². The van der Waals surface area contributed by atoms with Gasteiger partial charge in [0.15, 0.2) is 0 Å². The third kappa shape index (κ3) is 5.06. The highest BCUT2D eigenvalue weighted by Gasteiger charge is 2.18. The topological polar surface area (TPSA) is 33.1 Å². The molecule has 1 aromatic carbocycles. The lowest BCUT2D eigenvalue weighted by molar-refractivity contribution is 0.194. The summed E-state index contributed by atoms with van der Waals surface area (Å²) in [5.74, 6) is 0.729. The average molecular weight is 333 g/mol. The van der Waals surface area contributed by atoms with Crippen LogP contribution in [-0.4, -0.2) is 34.3 Å². The predicted octanol–water partition coefficient (Wildman–Crippen LogP) is 3.08. The van der Waals surface area contributed by atoms with Gasteiger partial charge in [-0.1, -0.05) is 23.7 Å². The number of benzene rings is 1. The fourth-order valence-electron chi connectivity index (χ4n) is 3.29. The number of halogens is 1. The maximum atomic E-state index is 6.00. The molecule has 0 aliphatic carbocycles. The van der Waals surface area contributed by atoms with E-state index in [1.54, 1.807) is 0 Å². The van der Waals surface area contributed by atoms with Gasteiger partial charge in [-0.05, 0) is 49.5 Å². The Labute approximate surface area is 143 Å². The molecular weight excluding hydrogens is 308 g/mol. The molecule has 4 nitrogen and oxygen atoms in total. The molecule has 0 spiro atoms. The average Bonchev–Trinajstić information content (AvgIpc) is 2.95. The lowest BCUT2D eigenvalue weighted by atomic mass is 9.98. The molecule has 1 N–H and O–H groups in total. The second-order valence-electron chi connectivity index (χ2n) is 6.53. The number of nitrogens with zero attached hydrogens (tertiary/aromatic N) is 3. The van der Waals surface area contributed by atoms with Crippen molar-refractivity contribution in [1.82, 2.24) is 20.0 Å². The van der Waals surface area contributed by atoms with Gasteiger partial charge in [0.05, 0.1) is 6.20 Å². The lowest BCUT2D eigenvalue weighted by Gasteiger charge is -2.30. The molecule has 2 aromatic rings. The van der Waals surface area contributed by atoms with Gasteiger partial charge in [0.1, 0.15) is 0 Å². The third-order valence-electron chi connectivity index (χ3n) is 4.40. The van der Waals surface area contributed by atoms with Crippen molar-refractivity contribution < 1.29 is 0 Å². The van der Waals surface area contributed by atoms with Crippen LogP contribution in [0, 0.1) is 5.92 Å².